The van der Waals surface area contributed by atoms with Crippen LogP contribution < -0.4 is 4.90 Å². The van der Waals surface area contributed by atoms with Crippen molar-refractivity contribution in [1.29, 1.82) is 0 Å². The van der Waals surface area contributed by atoms with Gasteiger partial charge in [-0.25, -0.2) is 4.98 Å². The fourth-order valence-corrected chi connectivity index (χ4v) is 5.26. The van der Waals surface area contributed by atoms with Crippen molar-refractivity contribution >= 4 is 34.4 Å². The molecular weight excluding hydrogens is 398 g/mol. The van der Waals surface area contributed by atoms with E-state index in [0.29, 0.717) is 6.42 Å². The van der Waals surface area contributed by atoms with Gasteiger partial charge >= 0.3 is 0 Å². The van der Waals surface area contributed by atoms with Crippen LogP contribution in [0.5, 0.6) is 0 Å². The molecule has 1 aliphatic heterocycles. The van der Waals surface area contributed by atoms with E-state index in [2.05, 4.69) is 20.2 Å². The highest BCUT2D eigenvalue weighted by Crippen LogP contribution is 2.47. The summed E-state index contributed by atoms with van der Waals surface area (Å²) < 4.78 is 6.24. The first-order valence-electron chi connectivity index (χ1n) is 9.95. The second-order valence-corrected chi connectivity index (χ2v) is 8.60. The summed E-state index contributed by atoms with van der Waals surface area (Å²) in [5.74, 6) is 1.58. The highest BCUT2D eigenvalue weighted by atomic mass is 32.2. The van der Waals surface area contributed by atoms with Gasteiger partial charge in [-0.05, 0) is 48.9 Å². The number of carbonyl (C=O) groups is 1. The average molecular weight is 417 g/mol. The van der Waals surface area contributed by atoms with Gasteiger partial charge in [0.2, 0.25) is 0 Å². The Morgan fingerprint density at radius 3 is 3.00 bits per heavy atom. The third kappa shape index (κ3) is 2.64. The average Bonchev–Trinajstić information content (AvgIpc) is 3.48. The van der Waals surface area contributed by atoms with Crippen LogP contribution in [0, 0.1) is 0 Å². The minimum absolute atomic E-state index is 0.197. The van der Waals surface area contributed by atoms with Crippen LogP contribution >= 0.6 is 11.8 Å². The molecular formula is C22H19N5O2S. The van der Waals surface area contributed by atoms with Crippen molar-refractivity contribution in [2.45, 2.75) is 35.4 Å². The van der Waals surface area contributed by atoms with Gasteiger partial charge in [-0.3, -0.25) is 9.89 Å². The van der Waals surface area contributed by atoms with Gasteiger partial charge in [0.15, 0.2) is 21.8 Å². The van der Waals surface area contributed by atoms with Crippen molar-refractivity contribution in [2.75, 3.05) is 11.9 Å². The number of hydrogen-bond donors (Lipinski definition) is 2. The molecule has 2 aliphatic rings. The van der Waals surface area contributed by atoms with Crippen molar-refractivity contribution in [3.8, 4) is 0 Å². The summed E-state index contributed by atoms with van der Waals surface area (Å²) in [6.45, 7) is 0. The first kappa shape index (κ1) is 17.6. The normalized spacial score (nSPS) is 18.8. The van der Waals surface area contributed by atoms with E-state index in [-0.39, 0.29) is 11.7 Å². The molecule has 4 heterocycles. The van der Waals surface area contributed by atoms with Gasteiger partial charge in [0.05, 0.1) is 17.0 Å². The molecule has 7 nitrogen and oxygen atoms in total. The van der Waals surface area contributed by atoms with Crippen LogP contribution in [0.1, 0.15) is 36.5 Å². The monoisotopic (exact) mass is 417 g/mol. The van der Waals surface area contributed by atoms with Crippen molar-refractivity contribution in [3.63, 3.8) is 0 Å². The second-order valence-electron chi connectivity index (χ2n) is 7.61. The number of carbonyl (C=O) groups excluding carboxylic acids is 1. The van der Waals surface area contributed by atoms with Crippen molar-refractivity contribution in [1.82, 2.24) is 20.2 Å². The van der Waals surface area contributed by atoms with Gasteiger partial charge in [-0.1, -0.05) is 12.1 Å². The number of imidazole rings is 1. The zero-order valence-electron chi connectivity index (χ0n) is 16.3. The van der Waals surface area contributed by atoms with E-state index in [0.717, 1.165) is 62.5 Å². The SMILES string of the molecule is CN1C2=C(C(=O)CCC2)C(c2ccc(Sc3nc4ccccc4[nH]3)o2)c2c[nH]nc21. The standard InChI is InChI=1S/C22H19N5O2S/c1-27-15-7-4-8-16(28)20(15)19(12-11-23-26-21(12)27)17-9-10-18(29-17)30-22-24-13-5-2-3-6-14(13)25-22/h2-3,5-6,9-11,19H,4,7-8H2,1H3,(H,23,26)(H,24,25). The fourth-order valence-electron chi connectivity index (χ4n) is 4.49. The fraction of sp³-hybridized carbons (Fsp3) is 0.227. The molecule has 1 aliphatic carbocycles. The van der Waals surface area contributed by atoms with E-state index in [1.165, 1.54) is 11.8 Å². The van der Waals surface area contributed by atoms with Gasteiger partial charge in [0.25, 0.3) is 0 Å². The maximum absolute atomic E-state index is 12.9. The second kappa shape index (κ2) is 6.63. The van der Waals surface area contributed by atoms with E-state index >= 15 is 0 Å². The highest BCUT2D eigenvalue weighted by molar-refractivity contribution is 7.99. The first-order valence-corrected chi connectivity index (χ1v) is 10.8. The summed E-state index contributed by atoms with van der Waals surface area (Å²) in [6, 6.07) is 11.8. The zero-order valence-corrected chi connectivity index (χ0v) is 17.1. The van der Waals surface area contributed by atoms with Crippen LogP contribution in [-0.2, 0) is 4.79 Å². The number of ketones is 1. The predicted octanol–water partition coefficient (Wildman–Crippen LogP) is 4.62. The molecule has 8 heteroatoms. The molecule has 30 heavy (non-hydrogen) atoms. The Morgan fingerprint density at radius 1 is 1.20 bits per heavy atom. The number of nitrogens with one attached hydrogen (secondary N) is 2. The molecule has 0 bridgehead atoms. The van der Waals surface area contributed by atoms with Crippen LogP contribution in [0.2, 0.25) is 0 Å². The lowest BCUT2D eigenvalue weighted by atomic mass is 9.78. The molecule has 0 amide bonds. The lowest BCUT2D eigenvalue weighted by Crippen LogP contribution is -2.32. The predicted molar refractivity (Wildman–Crippen MR) is 114 cm³/mol. The first-order chi connectivity index (χ1) is 14.7. The molecule has 0 saturated carbocycles. The largest absolute Gasteiger partial charge is 0.453 e. The number of benzene rings is 1. The Hall–Kier alpha value is -3.26. The third-order valence-electron chi connectivity index (χ3n) is 5.85. The van der Waals surface area contributed by atoms with E-state index in [1.54, 1.807) is 0 Å². The number of anilines is 1. The number of aromatic nitrogens is 4. The minimum atomic E-state index is -0.234. The number of fused-ring (bicyclic) bond motifs is 2. The Labute approximate surface area is 176 Å². The molecule has 3 aromatic heterocycles. The number of H-pyrrole nitrogens is 2. The third-order valence-corrected chi connectivity index (χ3v) is 6.66. The summed E-state index contributed by atoms with van der Waals surface area (Å²) in [5, 5.41) is 8.90. The summed E-state index contributed by atoms with van der Waals surface area (Å²) in [4.78, 5) is 22.9. The number of para-hydroxylation sites is 2. The lowest BCUT2D eigenvalue weighted by Gasteiger charge is -2.35. The molecule has 1 aromatic carbocycles. The Morgan fingerprint density at radius 2 is 2.10 bits per heavy atom. The maximum atomic E-state index is 12.9. The maximum Gasteiger partial charge on any atom is 0.174 e. The summed E-state index contributed by atoms with van der Waals surface area (Å²) >= 11 is 1.44. The van der Waals surface area contributed by atoms with Crippen LogP contribution in [0.3, 0.4) is 0 Å². The van der Waals surface area contributed by atoms with Crippen molar-refractivity contribution in [2.24, 2.45) is 0 Å². The smallest absolute Gasteiger partial charge is 0.174 e. The molecule has 2 N–H and O–H groups in total. The van der Waals surface area contributed by atoms with Gasteiger partial charge < -0.3 is 14.3 Å². The molecule has 150 valence electrons. The zero-order chi connectivity index (χ0) is 20.2. The molecule has 0 spiro atoms. The minimum Gasteiger partial charge on any atom is -0.453 e. The quantitative estimate of drug-likeness (QED) is 0.505. The molecule has 1 unspecified atom stereocenters. The van der Waals surface area contributed by atoms with Crippen LogP contribution in [0.15, 0.2) is 68.5 Å². The number of furan rings is 1. The summed E-state index contributed by atoms with van der Waals surface area (Å²) in [7, 11) is 1.98. The molecule has 0 fully saturated rings. The molecule has 0 radical (unpaired) electrons. The van der Waals surface area contributed by atoms with Crippen LogP contribution in [-0.4, -0.2) is 33.0 Å². The van der Waals surface area contributed by atoms with Crippen molar-refractivity contribution < 1.29 is 9.21 Å². The topological polar surface area (TPSA) is 90.8 Å². The number of nitrogens with zero attached hydrogens (tertiary/aromatic N) is 3. The van der Waals surface area contributed by atoms with E-state index in [9.17, 15) is 4.79 Å². The Kier molecular flexibility index (Phi) is 3.89. The van der Waals surface area contributed by atoms with Gasteiger partial charge in [0, 0.05) is 36.5 Å². The van der Waals surface area contributed by atoms with Gasteiger partial charge in [0.1, 0.15) is 5.76 Å². The van der Waals surface area contributed by atoms with Crippen molar-refractivity contribution in [3.05, 3.63) is 65.2 Å². The van der Waals surface area contributed by atoms with Gasteiger partial charge in [-0.15, -0.1) is 0 Å². The van der Waals surface area contributed by atoms with E-state index < -0.39 is 0 Å². The highest BCUT2D eigenvalue weighted by Gasteiger charge is 2.40. The van der Waals surface area contributed by atoms with E-state index in [1.807, 2.05) is 54.5 Å². The lowest BCUT2D eigenvalue weighted by molar-refractivity contribution is -0.116. The summed E-state index contributed by atoms with van der Waals surface area (Å²) in [5.41, 5.74) is 4.78. The number of Topliss-reactive ketones (excluding diaryl/α,β-unsaturated/α-hetero) is 1. The molecule has 0 saturated heterocycles. The summed E-state index contributed by atoms with van der Waals surface area (Å²) in [6.07, 6.45) is 4.20. The Balaban J connectivity index is 1.39. The Bertz CT molecular complexity index is 1280. The number of allylic oxidation sites excluding steroid dienone is 2. The number of rotatable bonds is 3. The molecule has 4 aromatic rings. The molecule has 6 rings (SSSR count). The number of aromatic amines is 2. The van der Waals surface area contributed by atoms with Crippen LogP contribution in [0.25, 0.3) is 11.0 Å². The molecule has 1 atom stereocenters. The number of hydrogen-bond acceptors (Lipinski definition) is 6. The van der Waals surface area contributed by atoms with Crippen LogP contribution in [0.4, 0.5) is 5.82 Å². The van der Waals surface area contributed by atoms with Gasteiger partial charge in [-0.2, -0.15) is 5.10 Å². The van der Waals surface area contributed by atoms with E-state index in [4.69, 9.17) is 4.42 Å².